The number of aromatic nitrogens is 3. The number of fused-ring (bicyclic) bond motifs is 1. The fourth-order valence-electron chi connectivity index (χ4n) is 3.70. The zero-order chi connectivity index (χ0) is 24.9. The molecule has 0 saturated carbocycles. The quantitative estimate of drug-likeness (QED) is 0.346. The van der Waals surface area contributed by atoms with Crippen molar-refractivity contribution in [1.29, 1.82) is 0 Å². The van der Waals surface area contributed by atoms with Crippen LogP contribution in [0.25, 0.3) is 16.0 Å². The van der Waals surface area contributed by atoms with Crippen molar-refractivity contribution in [2.75, 3.05) is 31.7 Å². The Labute approximate surface area is 209 Å². The van der Waals surface area contributed by atoms with E-state index in [1.54, 1.807) is 11.3 Å². The predicted molar refractivity (Wildman–Crippen MR) is 140 cm³/mol. The minimum atomic E-state index is -0.0875. The number of anilines is 1. The summed E-state index contributed by atoms with van der Waals surface area (Å²) in [6.07, 6.45) is 0. The minimum Gasteiger partial charge on any atom is -0.490 e. The number of carbonyl (C=O) groups is 1. The summed E-state index contributed by atoms with van der Waals surface area (Å²) in [6, 6.07) is 13.9. The molecule has 0 aliphatic rings. The number of aryl methyl sites for hydroxylation is 2. The summed E-state index contributed by atoms with van der Waals surface area (Å²) >= 11 is 1.54. The molecule has 1 amide bonds. The van der Waals surface area contributed by atoms with Gasteiger partial charge in [-0.1, -0.05) is 35.1 Å². The van der Waals surface area contributed by atoms with Crippen LogP contribution in [0, 0.1) is 13.8 Å². The van der Waals surface area contributed by atoms with E-state index in [1.807, 2.05) is 67.7 Å². The van der Waals surface area contributed by atoms with Gasteiger partial charge in [0.2, 0.25) is 5.91 Å². The molecule has 35 heavy (non-hydrogen) atoms. The van der Waals surface area contributed by atoms with Crippen LogP contribution in [0.4, 0.5) is 5.13 Å². The Morgan fingerprint density at radius 2 is 1.77 bits per heavy atom. The molecular weight excluding hydrogens is 462 g/mol. The number of rotatable bonds is 10. The number of hydrogen-bond donors (Lipinski definition) is 1. The van der Waals surface area contributed by atoms with Gasteiger partial charge in [-0.3, -0.25) is 4.79 Å². The highest BCUT2D eigenvalue weighted by atomic mass is 32.1. The second kappa shape index (κ2) is 10.8. The van der Waals surface area contributed by atoms with Crippen molar-refractivity contribution >= 4 is 32.7 Å². The van der Waals surface area contributed by atoms with Crippen molar-refractivity contribution < 1.29 is 14.3 Å². The molecule has 2 aromatic carbocycles. The highest BCUT2D eigenvalue weighted by molar-refractivity contribution is 7.22. The number of nitrogens with one attached hydrogen (secondary N) is 1. The van der Waals surface area contributed by atoms with E-state index in [0.29, 0.717) is 31.3 Å². The van der Waals surface area contributed by atoms with Gasteiger partial charge in [0.1, 0.15) is 0 Å². The monoisotopic (exact) mass is 493 g/mol. The third-order valence-electron chi connectivity index (χ3n) is 5.46. The number of amides is 1. The molecule has 4 aromatic rings. The maximum Gasteiger partial charge on any atom is 0.239 e. The first-order valence-electron chi connectivity index (χ1n) is 11.7. The Hall–Kier alpha value is -3.59. The average molecular weight is 494 g/mol. The molecule has 0 radical (unpaired) electrons. The lowest BCUT2D eigenvalue weighted by Gasteiger charge is -2.16. The van der Waals surface area contributed by atoms with Crippen LogP contribution in [0.3, 0.4) is 0 Å². The Kier molecular flexibility index (Phi) is 7.55. The van der Waals surface area contributed by atoms with Crippen molar-refractivity contribution in [1.82, 2.24) is 20.1 Å². The molecule has 0 fully saturated rings. The molecule has 0 unspecified atom stereocenters. The number of carbonyl (C=O) groups excluding carboxylic acids is 1. The van der Waals surface area contributed by atoms with Crippen LogP contribution >= 0.6 is 11.3 Å². The summed E-state index contributed by atoms with van der Waals surface area (Å²) in [4.78, 5) is 19.3. The summed E-state index contributed by atoms with van der Waals surface area (Å²) < 4.78 is 14.2. The van der Waals surface area contributed by atoms with Gasteiger partial charge in [-0.25, -0.2) is 4.68 Å². The van der Waals surface area contributed by atoms with E-state index < -0.39 is 0 Å². The second-order valence-corrected chi connectivity index (χ2v) is 9.24. The minimum absolute atomic E-state index is 0.0875. The zero-order valence-electron chi connectivity index (χ0n) is 20.8. The van der Waals surface area contributed by atoms with E-state index in [4.69, 9.17) is 14.5 Å². The summed E-state index contributed by atoms with van der Waals surface area (Å²) in [5.41, 5.74) is 4.83. The first kappa shape index (κ1) is 24.5. The lowest BCUT2D eigenvalue weighted by atomic mass is 10.2. The van der Waals surface area contributed by atoms with Crippen LogP contribution in [-0.2, 0) is 11.3 Å². The molecule has 0 spiro atoms. The van der Waals surface area contributed by atoms with Crippen LogP contribution in [0.15, 0.2) is 42.5 Å². The first-order valence-corrected chi connectivity index (χ1v) is 12.5. The van der Waals surface area contributed by atoms with E-state index in [9.17, 15) is 4.79 Å². The smallest absolute Gasteiger partial charge is 0.239 e. The average Bonchev–Trinajstić information content (AvgIpc) is 3.41. The van der Waals surface area contributed by atoms with Crippen molar-refractivity contribution in [2.45, 2.75) is 34.2 Å². The van der Waals surface area contributed by atoms with Gasteiger partial charge in [0.05, 0.1) is 35.8 Å². The van der Waals surface area contributed by atoms with Gasteiger partial charge < -0.3 is 19.7 Å². The number of nitrogens with zero attached hydrogens (tertiary/aromatic N) is 4. The van der Waals surface area contributed by atoms with Gasteiger partial charge in [-0.2, -0.15) is 10.1 Å². The normalized spacial score (nSPS) is 11.0. The van der Waals surface area contributed by atoms with Crippen LogP contribution in [0.2, 0.25) is 0 Å². The van der Waals surface area contributed by atoms with Crippen molar-refractivity contribution in [3.8, 4) is 17.2 Å². The molecule has 1 N–H and O–H groups in total. The number of likely N-dealkylation sites (N-methyl/N-ethyl adjacent to an activating group) is 1. The summed E-state index contributed by atoms with van der Waals surface area (Å²) in [5.74, 6) is 1.31. The van der Waals surface area contributed by atoms with Gasteiger partial charge in [0.15, 0.2) is 22.3 Å². The van der Waals surface area contributed by atoms with E-state index in [1.165, 1.54) is 5.56 Å². The molecular formula is C26H31N5O3S. The van der Waals surface area contributed by atoms with Crippen molar-refractivity contribution in [3.05, 3.63) is 59.3 Å². The third kappa shape index (κ3) is 5.57. The van der Waals surface area contributed by atoms with Crippen LogP contribution < -0.4 is 19.7 Å². The van der Waals surface area contributed by atoms with E-state index in [0.717, 1.165) is 32.4 Å². The maximum absolute atomic E-state index is 12.7. The fraction of sp³-hybridized carbons (Fsp3) is 0.346. The maximum atomic E-state index is 12.7. The first-order chi connectivity index (χ1) is 16.9. The molecule has 0 bridgehead atoms. The van der Waals surface area contributed by atoms with Gasteiger partial charge in [0, 0.05) is 13.6 Å². The van der Waals surface area contributed by atoms with Crippen molar-refractivity contribution in [2.24, 2.45) is 0 Å². The summed E-state index contributed by atoms with van der Waals surface area (Å²) in [7, 11) is 1.88. The fourth-order valence-corrected chi connectivity index (χ4v) is 4.64. The van der Waals surface area contributed by atoms with Crippen molar-refractivity contribution in [3.63, 3.8) is 0 Å². The summed E-state index contributed by atoms with van der Waals surface area (Å²) in [6.45, 7) is 9.62. The van der Waals surface area contributed by atoms with Gasteiger partial charge in [-0.15, -0.1) is 0 Å². The van der Waals surface area contributed by atoms with E-state index >= 15 is 0 Å². The number of benzene rings is 2. The Morgan fingerprint density at radius 3 is 2.49 bits per heavy atom. The number of thiazole rings is 1. The predicted octanol–water partition coefficient (Wildman–Crippen LogP) is 4.65. The molecule has 0 saturated heterocycles. The molecule has 0 atom stereocenters. The largest absolute Gasteiger partial charge is 0.490 e. The lowest BCUT2D eigenvalue weighted by molar-refractivity contribution is -0.119. The van der Waals surface area contributed by atoms with Crippen LogP contribution in [-0.4, -0.2) is 47.5 Å². The Morgan fingerprint density at radius 1 is 1.06 bits per heavy atom. The number of ether oxygens (including phenoxy) is 2. The molecule has 2 aromatic heterocycles. The topological polar surface area (TPSA) is 81.5 Å². The van der Waals surface area contributed by atoms with Gasteiger partial charge in [0.25, 0.3) is 0 Å². The Bertz CT molecular complexity index is 1310. The van der Waals surface area contributed by atoms with E-state index in [2.05, 4.69) is 29.5 Å². The zero-order valence-corrected chi connectivity index (χ0v) is 21.6. The lowest BCUT2D eigenvalue weighted by Crippen LogP contribution is -2.34. The SMILES string of the molecule is CCOc1ccc(CNC(=O)CN(C)c2nc3c(s2)c(C)nn3-c2ccc(C)cc2)cc1OCC. The Balaban J connectivity index is 1.42. The molecule has 184 valence electrons. The second-order valence-electron chi connectivity index (χ2n) is 8.26. The van der Waals surface area contributed by atoms with E-state index in [-0.39, 0.29) is 12.5 Å². The standard InChI is InChI=1S/C26H31N5O3S/c1-6-33-21-13-10-19(14-22(21)34-7-2)15-27-23(32)16-30(5)26-28-25-24(35-26)18(4)29-31(25)20-11-8-17(3)9-12-20/h8-14H,6-7,15-16H2,1-5H3,(H,27,32). The molecule has 2 heterocycles. The van der Waals surface area contributed by atoms with Gasteiger partial charge >= 0.3 is 0 Å². The molecule has 0 aliphatic carbocycles. The number of hydrogen-bond acceptors (Lipinski definition) is 7. The van der Waals surface area contributed by atoms with Gasteiger partial charge in [-0.05, 0) is 57.5 Å². The summed E-state index contributed by atoms with van der Waals surface area (Å²) in [5, 5.41) is 8.42. The van der Waals surface area contributed by atoms with Crippen LogP contribution in [0.5, 0.6) is 11.5 Å². The molecule has 8 nitrogen and oxygen atoms in total. The highest BCUT2D eigenvalue weighted by Gasteiger charge is 2.18. The molecule has 4 rings (SSSR count). The van der Waals surface area contributed by atoms with Crippen LogP contribution in [0.1, 0.15) is 30.7 Å². The molecule has 0 aliphatic heterocycles. The molecule has 9 heteroatoms. The third-order valence-corrected chi connectivity index (χ3v) is 6.73. The highest BCUT2D eigenvalue weighted by Crippen LogP contribution is 2.32.